The number of aliphatic hydroxyl groups is 1. The Hall–Kier alpha value is -1.62. The lowest BCUT2D eigenvalue weighted by Gasteiger charge is -2.25. The molecule has 2 aromatic rings. The average Bonchev–Trinajstić information content (AvgIpc) is 3.03. The maximum Gasteiger partial charge on any atom is 0.157 e. The predicted molar refractivity (Wildman–Crippen MR) is 69.7 cm³/mol. The van der Waals surface area contributed by atoms with Gasteiger partial charge in [-0.1, -0.05) is 0 Å². The molecule has 0 amide bonds. The van der Waals surface area contributed by atoms with Crippen molar-refractivity contribution in [2.75, 3.05) is 18.1 Å². The molecule has 1 aliphatic heterocycles. The molecule has 0 spiro atoms. The zero-order valence-corrected chi connectivity index (χ0v) is 10.4. The molecule has 1 N–H and O–H groups in total. The number of hydrogen-bond donors (Lipinski definition) is 1. The van der Waals surface area contributed by atoms with Gasteiger partial charge < -0.3 is 10.0 Å². The Kier molecular flexibility index (Phi) is 3.15. The third-order valence-corrected chi connectivity index (χ3v) is 3.61. The van der Waals surface area contributed by atoms with Crippen molar-refractivity contribution in [3.63, 3.8) is 0 Å². The molecule has 18 heavy (non-hydrogen) atoms. The normalized spacial score (nSPS) is 19.8. The van der Waals surface area contributed by atoms with E-state index in [4.69, 9.17) is 5.11 Å². The summed E-state index contributed by atoms with van der Waals surface area (Å²) >= 11 is 0. The second-order valence-electron chi connectivity index (χ2n) is 4.77. The van der Waals surface area contributed by atoms with Crippen LogP contribution in [0, 0.1) is 0 Å². The van der Waals surface area contributed by atoms with Crippen molar-refractivity contribution in [1.82, 2.24) is 14.6 Å². The van der Waals surface area contributed by atoms with Gasteiger partial charge in [-0.15, -0.1) is 0 Å². The molecular weight excluding hydrogens is 228 g/mol. The molecule has 1 aliphatic rings. The number of rotatable bonds is 4. The van der Waals surface area contributed by atoms with E-state index in [1.165, 1.54) is 12.8 Å². The minimum Gasteiger partial charge on any atom is -0.396 e. The molecule has 3 heterocycles. The third-order valence-electron chi connectivity index (χ3n) is 3.61. The first-order chi connectivity index (χ1) is 8.88. The SMILES string of the molecule is OCCCC1CCCN1c1ccn2nccc2n1. The van der Waals surface area contributed by atoms with Crippen molar-refractivity contribution < 1.29 is 5.11 Å². The molecule has 1 unspecified atom stereocenters. The van der Waals surface area contributed by atoms with Gasteiger partial charge in [0.05, 0.1) is 6.20 Å². The molecule has 3 rings (SSSR count). The lowest BCUT2D eigenvalue weighted by molar-refractivity contribution is 0.279. The Morgan fingerprint density at radius 3 is 3.22 bits per heavy atom. The Labute approximate surface area is 106 Å². The summed E-state index contributed by atoms with van der Waals surface area (Å²) in [5, 5.41) is 13.1. The lowest BCUT2D eigenvalue weighted by atomic mass is 10.1. The molecule has 1 fully saturated rings. The van der Waals surface area contributed by atoms with E-state index in [1.54, 1.807) is 10.7 Å². The van der Waals surface area contributed by atoms with Crippen LogP contribution in [0.3, 0.4) is 0 Å². The summed E-state index contributed by atoms with van der Waals surface area (Å²) in [5.41, 5.74) is 0.889. The molecule has 0 saturated carbocycles. The van der Waals surface area contributed by atoms with Crippen LogP contribution in [0.25, 0.3) is 5.65 Å². The number of fused-ring (bicyclic) bond motifs is 1. The minimum absolute atomic E-state index is 0.277. The van der Waals surface area contributed by atoms with E-state index in [1.807, 2.05) is 18.3 Å². The van der Waals surface area contributed by atoms with Crippen LogP contribution in [-0.4, -0.2) is 38.9 Å². The molecule has 0 bridgehead atoms. The maximum atomic E-state index is 8.95. The average molecular weight is 246 g/mol. The van der Waals surface area contributed by atoms with E-state index in [9.17, 15) is 0 Å². The number of nitrogens with zero attached hydrogens (tertiary/aromatic N) is 4. The fraction of sp³-hybridized carbons (Fsp3) is 0.538. The van der Waals surface area contributed by atoms with Crippen molar-refractivity contribution in [2.24, 2.45) is 0 Å². The fourth-order valence-electron chi connectivity index (χ4n) is 2.73. The molecule has 0 aromatic carbocycles. The Bertz CT molecular complexity index is 524. The van der Waals surface area contributed by atoms with Crippen molar-refractivity contribution >= 4 is 11.5 Å². The molecule has 0 radical (unpaired) electrons. The first-order valence-electron chi connectivity index (χ1n) is 6.56. The van der Waals surface area contributed by atoms with Crippen molar-refractivity contribution in [3.8, 4) is 0 Å². The van der Waals surface area contributed by atoms with E-state index in [0.29, 0.717) is 6.04 Å². The summed E-state index contributed by atoms with van der Waals surface area (Å²) in [6, 6.07) is 4.47. The number of aromatic nitrogens is 3. The van der Waals surface area contributed by atoms with Crippen LogP contribution in [0.4, 0.5) is 5.82 Å². The molecule has 5 nitrogen and oxygen atoms in total. The highest BCUT2D eigenvalue weighted by molar-refractivity contribution is 5.48. The highest BCUT2D eigenvalue weighted by Gasteiger charge is 2.25. The van der Waals surface area contributed by atoms with Gasteiger partial charge in [-0.3, -0.25) is 0 Å². The summed E-state index contributed by atoms with van der Waals surface area (Å²) < 4.78 is 1.78. The van der Waals surface area contributed by atoms with E-state index in [0.717, 1.165) is 30.9 Å². The van der Waals surface area contributed by atoms with Gasteiger partial charge in [0.2, 0.25) is 0 Å². The monoisotopic (exact) mass is 246 g/mol. The van der Waals surface area contributed by atoms with Gasteiger partial charge in [0.25, 0.3) is 0 Å². The second-order valence-corrected chi connectivity index (χ2v) is 4.77. The van der Waals surface area contributed by atoms with Crippen LogP contribution in [0.15, 0.2) is 24.5 Å². The third kappa shape index (κ3) is 2.06. The smallest absolute Gasteiger partial charge is 0.157 e. The standard InChI is InChI=1S/C13H18N4O/c18-10-2-4-11-3-1-8-16(11)12-6-9-17-13(15-12)5-7-14-17/h5-7,9,11,18H,1-4,8,10H2. The van der Waals surface area contributed by atoms with Crippen LogP contribution in [0.5, 0.6) is 0 Å². The zero-order valence-electron chi connectivity index (χ0n) is 10.4. The Balaban J connectivity index is 1.83. The van der Waals surface area contributed by atoms with Gasteiger partial charge in [-0.2, -0.15) is 5.10 Å². The molecule has 5 heteroatoms. The predicted octanol–water partition coefficient (Wildman–Crippen LogP) is 1.47. The van der Waals surface area contributed by atoms with Crippen LogP contribution < -0.4 is 4.90 Å². The summed E-state index contributed by atoms with van der Waals surface area (Å²) in [5.74, 6) is 1.03. The summed E-state index contributed by atoms with van der Waals surface area (Å²) in [4.78, 5) is 7.00. The van der Waals surface area contributed by atoms with E-state index in [-0.39, 0.29) is 6.61 Å². The van der Waals surface area contributed by atoms with Gasteiger partial charge in [0.15, 0.2) is 5.65 Å². The quantitative estimate of drug-likeness (QED) is 0.887. The van der Waals surface area contributed by atoms with Crippen molar-refractivity contribution in [3.05, 3.63) is 24.5 Å². The van der Waals surface area contributed by atoms with Crippen molar-refractivity contribution in [1.29, 1.82) is 0 Å². The number of aliphatic hydroxyl groups excluding tert-OH is 1. The van der Waals surface area contributed by atoms with E-state index >= 15 is 0 Å². The summed E-state index contributed by atoms with van der Waals surface area (Å²) in [6.07, 6.45) is 8.05. The Morgan fingerprint density at radius 1 is 1.39 bits per heavy atom. The van der Waals surface area contributed by atoms with Gasteiger partial charge in [-0.05, 0) is 31.7 Å². The van der Waals surface area contributed by atoms with Gasteiger partial charge >= 0.3 is 0 Å². The van der Waals surface area contributed by atoms with Gasteiger partial charge in [0, 0.05) is 31.5 Å². The highest BCUT2D eigenvalue weighted by atomic mass is 16.2. The first-order valence-corrected chi connectivity index (χ1v) is 6.56. The number of anilines is 1. The van der Waals surface area contributed by atoms with Gasteiger partial charge in [0.1, 0.15) is 5.82 Å². The first kappa shape index (κ1) is 11.5. The molecule has 1 saturated heterocycles. The van der Waals surface area contributed by atoms with Crippen molar-refractivity contribution in [2.45, 2.75) is 31.7 Å². The van der Waals surface area contributed by atoms with Crippen LogP contribution in [0.2, 0.25) is 0 Å². The minimum atomic E-state index is 0.277. The van der Waals surface area contributed by atoms with Crippen LogP contribution >= 0.6 is 0 Å². The number of hydrogen-bond acceptors (Lipinski definition) is 4. The topological polar surface area (TPSA) is 53.7 Å². The van der Waals surface area contributed by atoms with E-state index < -0.39 is 0 Å². The summed E-state index contributed by atoms with van der Waals surface area (Å²) in [6.45, 7) is 1.34. The van der Waals surface area contributed by atoms with Gasteiger partial charge in [-0.25, -0.2) is 9.50 Å². The Morgan fingerprint density at radius 2 is 2.33 bits per heavy atom. The zero-order chi connectivity index (χ0) is 12.4. The molecular formula is C13H18N4O. The molecule has 96 valence electrons. The maximum absolute atomic E-state index is 8.95. The highest BCUT2D eigenvalue weighted by Crippen LogP contribution is 2.26. The summed E-state index contributed by atoms with van der Waals surface area (Å²) in [7, 11) is 0. The molecule has 1 atom stereocenters. The van der Waals surface area contributed by atoms with Crippen LogP contribution in [-0.2, 0) is 0 Å². The molecule has 2 aromatic heterocycles. The lowest BCUT2D eigenvalue weighted by Crippen LogP contribution is -2.30. The van der Waals surface area contributed by atoms with Crippen LogP contribution in [0.1, 0.15) is 25.7 Å². The molecule has 0 aliphatic carbocycles. The van der Waals surface area contributed by atoms with E-state index in [2.05, 4.69) is 15.0 Å². The fourth-order valence-corrected chi connectivity index (χ4v) is 2.73. The largest absolute Gasteiger partial charge is 0.396 e. The second kappa shape index (κ2) is 4.94.